The molecule has 0 bridgehead atoms. The van der Waals surface area contributed by atoms with Crippen LogP contribution in [0.2, 0.25) is 0 Å². The summed E-state index contributed by atoms with van der Waals surface area (Å²) in [6.45, 7) is 4.02. The number of hydrogen-bond donors (Lipinski definition) is 1. The molecule has 0 spiro atoms. The molecule has 0 saturated carbocycles. The first-order chi connectivity index (χ1) is 16.0. The highest BCUT2D eigenvalue weighted by molar-refractivity contribution is 6.46. The molecule has 0 radical (unpaired) electrons. The molecule has 7 nitrogen and oxygen atoms in total. The standard InChI is InChI=1S/C26H22N2O5/c1-15-7-9-20(16(2)11-15)23-24(27-17-5-4-6-19(12-17)31-3)26(30)28(25(23)29)18-8-10-21-22(13-18)33-14-32-21/h4-13,27H,14H2,1-3H3. The molecule has 0 aliphatic carbocycles. The molecule has 1 N–H and O–H groups in total. The molecule has 166 valence electrons. The topological polar surface area (TPSA) is 77.1 Å². The van der Waals surface area contributed by atoms with Gasteiger partial charge in [-0.2, -0.15) is 0 Å². The highest BCUT2D eigenvalue weighted by Crippen LogP contribution is 2.40. The van der Waals surface area contributed by atoms with Crippen molar-refractivity contribution in [2.24, 2.45) is 0 Å². The predicted octanol–water partition coefficient (Wildman–Crippen LogP) is 4.44. The second-order valence-corrected chi connectivity index (χ2v) is 7.91. The highest BCUT2D eigenvalue weighted by Gasteiger charge is 2.41. The van der Waals surface area contributed by atoms with Crippen LogP contribution in [-0.4, -0.2) is 25.7 Å². The van der Waals surface area contributed by atoms with Crippen molar-refractivity contribution in [2.45, 2.75) is 13.8 Å². The lowest BCUT2D eigenvalue weighted by atomic mass is 9.97. The van der Waals surface area contributed by atoms with E-state index in [-0.39, 0.29) is 12.5 Å². The van der Waals surface area contributed by atoms with Crippen molar-refractivity contribution in [3.05, 3.63) is 83.1 Å². The molecule has 0 atom stereocenters. The number of carbonyl (C=O) groups excluding carboxylic acids is 2. The molecule has 33 heavy (non-hydrogen) atoms. The van der Waals surface area contributed by atoms with Gasteiger partial charge in [0.15, 0.2) is 11.5 Å². The first-order valence-electron chi connectivity index (χ1n) is 10.5. The zero-order chi connectivity index (χ0) is 23.1. The average molecular weight is 442 g/mol. The summed E-state index contributed by atoms with van der Waals surface area (Å²) in [5.74, 6) is 0.858. The van der Waals surface area contributed by atoms with Gasteiger partial charge < -0.3 is 19.5 Å². The van der Waals surface area contributed by atoms with Gasteiger partial charge in [-0.1, -0.05) is 29.8 Å². The molecule has 2 aliphatic rings. The maximum atomic E-state index is 13.7. The monoisotopic (exact) mass is 442 g/mol. The van der Waals surface area contributed by atoms with E-state index in [1.54, 1.807) is 31.4 Å². The van der Waals surface area contributed by atoms with Crippen molar-refractivity contribution in [3.63, 3.8) is 0 Å². The van der Waals surface area contributed by atoms with Gasteiger partial charge in [-0.25, -0.2) is 4.90 Å². The first-order valence-corrected chi connectivity index (χ1v) is 10.5. The number of methoxy groups -OCH3 is 1. The maximum Gasteiger partial charge on any atom is 0.282 e. The first kappa shape index (κ1) is 20.6. The van der Waals surface area contributed by atoms with Crippen molar-refractivity contribution in [1.82, 2.24) is 0 Å². The van der Waals surface area contributed by atoms with Gasteiger partial charge in [-0.3, -0.25) is 9.59 Å². The van der Waals surface area contributed by atoms with Crippen LogP contribution in [-0.2, 0) is 9.59 Å². The molecular weight excluding hydrogens is 420 g/mol. The molecule has 3 aromatic rings. The third kappa shape index (κ3) is 3.57. The number of rotatable bonds is 5. The Labute approximate surface area is 191 Å². The molecule has 0 aromatic heterocycles. The third-order valence-corrected chi connectivity index (χ3v) is 5.69. The minimum atomic E-state index is -0.448. The fraction of sp³-hybridized carbons (Fsp3) is 0.154. The van der Waals surface area contributed by atoms with E-state index in [1.165, 1.54) is 4.90 Å². The Morgan fingerprint density at radius 2 is 1.73 bits per heavy atom. The normalized spacial score (nSPS) is 14.8. The number of anilines is 2. The van der Waals surface area contributed by atoms with Crippen molar-refractivity contribution in [2.75, 3.05) is 24.1 Å². The van der Waals surface area contributed by atoms with Crippen LogP contribution >= 0.6 is 0 Å². The van der Waals surface area contributed by atoms with Gasteiger partial charge in [-0.05, 0) is 49.2 Å². The Hall–Kier alpha value is -4.26. The van der Waals surface area contributed by atoms with Crippen LogP contribution in [0.4, 0.5) is 11.4 Å². The zero-order valence-corrected chi connectivity index (χ0v) is 18.5. The van der Waals surface area contributed by atoms with E-state index in [0.717, 1.165) is 11.1 Å². The van der Waals surface area contributed by atoms with Crippen molar-refractivity contribution in [3.8, 4) is 17.2 Å². The molecular formula is C26H22N2O5. The lowest BCUT2D eigenvalue weighted by molar-refractivity contribution is -0.120. The van der Waals surface area contributed by atoms with Crippen LogP contribution in [0, 0.1) is 13.8 Å². The zero-order valence-electron chi connectivity index (χ0n) is 18.5. The number of nitrogens with zero attached hydrogens (tertiary/aromatic N) is 1. The van der Waals surface area contributed by atoms with E-state index in [4.69, 9.17) is 14.2 Å². The van der Waals surface area contributed by atoms with E-state index in [9.17, 15) is 9.59 Å². The van der Waals surface area contributed by atoms with Crippen LogP contribution < -0.4 is 24.4 Å². The molecule has 0 saturated heterocycles. The predicted molar refractivity (Wildman–Crippen MR) is 125 cm³/mol. The molecule has 0 fully saturated rings. The number of carbonyl (C=O) groups is 2. The SMILES string of the molecule is COc1cccc(NC2=C(c3ccc(C)cc3C)C(=O)N(c3ccc4c(c3)OCO4)C2=O)c1. The van der Waals surface area contributed by atoms with Crippen LogP contribution in [0.3, 0.4) is 0 Å². The van der Waals surface area contributed by atoms with Gasteiger partial charge in [0, 0.05) is 17.8 Å². The van der Waals surface area contributed by atoms with Gasteiger partial charge in [0.2, 0.25) is 6.79 Å². The number of amides is 2. The Morgan fingerprint density at radius 3 is 2.52 bits per heavy atom. The second-order valence-electron chi connectivity index (χ2n) is 7.91. The Balaban J connectivity index is 1.62. The highest BCUT2D eigenvalue weighted by atomic mass is 16.7. The van der Waals surface area contributed by atoms with Crippen LogP contribution in [0.25, 0.3) is 5.57 Å². The molecule has 5 rings (SSSR count). The molecule has 2 heterocycles. The minimum absolute atomic E-state index is 0.107. The molecule has 2 amide bonds. The Kier molecular flexibility index (Phi) is 5.01. The average Bonchev–Trinajstić information content (AvgIpc) is 3.36. The van der Waals surface area contributed by atoms with Crippen molar-refractivity contribution in [1.29, 1.82) is 0 Å². The fourth-order valence-electron chi connectivity index (χ4n) is 4.09. The summed E-state index contributed by atoms with van der Waals surface area (Å²) in [5, 5.41) is 3.17. The fourth-order valence-corrected chi connectivity index (χ4v) is 4.09. The summed E-state index contributed by atoms with van der Waals surface area (Å²) in [6.07, 6.45) is 0. The van der Waals surface area contributed by atoms with Crippen LogP contribution in [0.15, 0.2) is 66.4 Å². The summed E-state index contributed by atoms with van der Waals surface area (Å²) < 4.78 is 16.1. The van der Waals surface area contributed by atoms with Crippen molar-refractivity contribution < 1.29 is 23.8 Å². The van der Waals surface area contributed by atoms with E-state index in [1.807, 2.05) is 50.2 Å². The van der Waals surface area contributed by atoms with Gasteiger partial charge in [0.05, 0.1) is 18.4 Å². The summed E-state index contributed by atoms with van der Waals surface area (Å²) in [7, 11) is 1.57. The number of ether oxygens (including phenoxy) is 3. The number of aryl methyl sites for hydroxylation is 2. The number of benzene rings is 3. The van der Waals surface area contributed by atoms with E-state index in [2.05, 4.69) is 5.32 Å². The molecule has 2 aliphatic heterocycles. The summed E-state index contributed by atoms with van der Waals surface area (Å²) in [4.78, 5) is 28.5. The number of nitrogens with one attached hydrogen (secondary N) is 1. The van der Waals surface area contributed by atoms with Crippen LogP contribution in [0.5, 0.6) is 17.2 Å². The second kappa shape index (κ2) is 8.02. The number of fused-ring (bicyclic) bond motifs is 1. The summed E-state index contributed by atoms with van der Waals surface area (Å²) >= 11 is 0. The number of hydrogen-bond acceptors (Lipinski definition) is 6. The molecule has 3 aromatic carbocycles. The quantitative estimate of drug-likeness (QED) is 0.589. The Bertz CT molecular complexity index is 1330. The van der Waals surface area contributed by atoms with E-state index < -0.39 is 11.8 Å². The Morgan fingerprint density at radius 1 is 0.909 bits per heavy atom. The van der Waals surface area contributed by atoms with E-state index in [0.29, 0.717) is 39.8 Å². The van der Waals surface area contributed by atoms with E-state index >= 15 is 0 Å². The van der Waals surface area contributed by atoms with Crippen molar-refractivity contribution >= 4 is 28.8 Å². The smallest absolute Gasteiger partial charge is 0.282 e. The minimum Gasteiger partial charge on any atom is -0.497 e. The summed E-state index contributed by atoms with van der Waals surface area (Å²) in [5.41, 5.74) is 4.26. The lowest BCUT2D eigenvalue weighted by Gasteiger charge is -2.16. The molecule has 0 unspecified atom stereocenters. The number of imide groups is 1. The molecule has 7 heteroatoms. The largest absolute Gasteiger partial charge is 0.497 e. The maximum absolute atomic E-state index is 13.7. The van der Waals surface area contributed by atoms with Gasteiger partial charge >= 0.3 is 0 Å². The summed E-state index contributed by atoms with van der Waals surface area (Å²) in [6, 6.07) is 18.0. The van der Waals surface area contributed by atoms with Crippen LogP contribution in [0.1, 0.15) is 16.7 Å². The third-order valence-electron chi connectivity index (χ3n) is 5.69. The lowest BCUT2D eigenvalue weighted by Crippen LogP contribution is -2.32. The van der Waals surface area contributed by atoms with Gasteiger partial charge in [0.25, 0.3) is 11.8 Å². The van der Waals surface area contributed by atoms with Gasteiger partial charge in [-0.15, -0.1) is 0 Å². The van der Waals surface area contributed by atoms with Gasteiger partial charge in [0.1, 0.15) is 11.4 Å².